The first-order valence-corrected chi connectivity index (χ1v) is 9.58. The summed E-state index contributed by atoms with van der Waals surface area (Å²) < 4.78 is 5.16. The van der Waals surface area contributed by atoms with Crippen molar-refractivity contribution in [1.29, 1.82) is 0 Å². The van der Waals surface area contributed by atoms with Crippen LogP contribution < -0.4 is 4.74 Å². The van der Waals surface area contributed by atoms with Gasteiger partial charge < -0.3 is 19.4 Å². The zero-order valence-electron chi connectivity index (χ0n) is 15.8. The minimum Gasteiger partial charge on any atom is -0.497 e. The summed E-state index contributed by atoms with van der Waals surface area (Å²) in [5, 5.41) is 0. The van der Waals surface area contributed by atoms with Gasteiger partial charge in [0.15, 0.2) is 0 Å². The van der Waals surface area contributed by atoms with Gasteiger partial charge >= 0.3 is 6.03 Å². The summed E-state index contributed by atoms with van der Waals surface area (Å²) in [6.45, 7) is 5.95. The number of urea groups is 1. The highest BCUT2D eigenvalue weighted by Gasteiger charge is 2.35. The monoisotopic (exact) mass is 359 g/mol. The molecule has 0 unspecified atom stereocenters. The second-order valence-electron chi connectivity index (χ2n) is 7.02. The third-order valence-corrected chi connectivity index (χ3v) is 5.55. The van der Waals surface area contributed by atoms with Crippen molar-refractivity contribution in [3.63, 3.8) is 0 Å². The summed E-state index contributed by atoms with van der Waals surface area (Å²) in [6.07, 6.45) is 3.05. The molecule has 6 heteroatoms. The van der Waals surface area contributed by atoms with Crippen molar-refractivity contribution < 1.29 is 14.3 Å². The molecule has 0 N–H and O–H groups in total. The van der Waals surface area contributed by atoms with Gasteiger partial charge in [-0.15, -0.1) is 0 Å². The van der Waals surface area contributed by atoms with Gasteiger partial charge in [0, 0.05) is 45.2 Å². The number of ether oxygens (including phenoxy) is 1. The van der Waals surface area contributed by atoms with Crippen LogP contribution >= 0.6 is 0 Å². The lowest BCUT2D eigenvalue weighted by atomic mass is 10.0. The topological polar surface area (TPSA) is 53.1 Å². The number of likely N-dealkylation sites (N-methyl/N-ethyl adjacent to an activating group) is 1. The van der Waals surface area contributed by atoms with Gasteiger partial charge in [0.05, 0.1) is 7.11 Å². The van der Waals surface area contributed by atoms with Crippen molar-refractivity contribution >= 4 is 11.9 Å². The molecule has 6 nitrogen and oxygen atoms in total. The Morgan fingerprint density at radius 3 is 2.38 bits per heavy atom. The fourth-order valence-corrected chi connectivity index (χ4v) is 3.86. The minimum atomic E-state index is 0.164. The Labute approximate surface area is 155 Å². The SMILES string of the molecule is CCN1CCN(C2CCN(C(=O)CCc3ccc(OC)cc3)CC2)C1=O. The van der Waals surface area contributed by atoms with Crippen LogP contribution in [-0.4, -0.2) is 72.5 Å². The largest absolute Gasteiger partial charge is 0.497 e. The molecule has 3 amide bonds. The van der Waals surface area contributed by atoms with Gasteiger partial charge in [-0.2, -0.15) is 0 Å². The van der Waals surface area contributed by atoms with Gasteiger partial charge in [-0.25, -0.2) is 4.79 Å². The maximum absolute atomic E-state index is 12.5. The summed E-state index contributed by atoms with van der Waals surface area (Å²) in [6, 6.07) is 8.32. The summed E-state index contributed by atoms with van der Waals surface area (Å²) >= 11 is 0. The lowest BCUT2D eigenvalue weighted by Gasteiger charge is -2.36. The van der Waals surface area contributed by atoms with Crippen molar-refractivity contribution in [1.82, 2.24) is 14.7 Å². The van der Waals surface area contributed by atoms with Crippen LogP contribution in [0.2, 0.25) is 0 Å². The Morgan fingerprint density at radius 1 is 1.12 bits per heavy atom. The number of carbonyl (C=O) groups excluding carboxylic acids is 2. The Morgan fingerprint density at radius 2 is 1.81 bits per heavy atom. The van der Waals surface area contributed by atoms with Crippen molar-refractivity contribution in [2.24, 2.45) is 0 Å². The van der Waals surface area contributed by atoms with Gasteiger partial charge in [-0.3, -0.25) is 4.79 Å². The number of likely N-dealkylation sites (tertiary alicyclic amines) is 1. The molecule has 0 spiro atoms. The molecular weight excluding hydrogens is 330 g/mol. The zero-order chi connectivity index (χ0) is 18.5. The van der Waals surface area contributed by atoms with Crippen LogP contribution in [0, 0.1) is 0 Å². The van der Waals surface area contributed by atoms with E-state index in [9.17, 15) is 9.59 Å². The maximum atomic E-state index is 12.5. The highest BCUT2D eigenvalue weighted by atomic mass is 16.5. The molecular formula is C20H29N3O3. The van der Waals surface area contributed by atoms with E-state index in [1.807, 2.05) is 45.9 Å². The lowest BCUT2D eigenvalue weighted by Crippen LogP contribution is -2.48. The second kappa shape index (κ2) is 8.43. The molecule has 0 aliphatic carbocycles. The number of hydrogen-bond donors (Lipinski definition) is 0. The van der Waals surface area contributed by atoms with E-state index in [1.54, 1.807) is 7.11 Å². The number of aryl methyl sites for hydroxylation is 1. The first-order chi connectivity index (χ1) is 12.6. The molecule has 0 radical (unpaired) electrons. The maximum Gasteiger partial charge on any atom is 0.320 e. The van der Waals surface area contributed by atoms with Crippen LogP contribution in [0.4, 0.5) is 4.79 Å². The van der Waals surface area contributed by atoms with E-state index in [2.05, 4.69) is 0 Å². The van der Waals surface area contributed by atoms with Gasteiger partial charge in [0.25, 0.3) is 0 Å². The molecule has 142 valence electrons. The van der Waals surface area contributed by atoms with Crippen LogP contribution in [0.3, 0.4) is 0 Å². The number of hydrogen-bond acceptors (Lipinski definition) is 3. The third-order valence-electron chi connectivity index (χ3n) is 5.55. The predicted octanol–water partition coefficient (Wildman–Crippen LogP) is 2.38. The van der Waals surface area contributed by atoms with E-state index in [-0.39, 0.29) is 18.0 Å². The Balaban J connectivity index is 1.44. The van der Waals surface area contributed by atoms with E-state index >= 15 is 0 Å². The van der Waals surface area contributed by atoms with Crippen LogP contribution in [0.1, 0.15) is 31.7 Å². The molecule has 1 aromatic rings. The van der Waals surface area contributed by atoms with Gasteiger partial charge in [-0.05, 0) is 43.9 Å². The average molecular weight is 359 g/mol. The smallest absolute Gasteiger partial charge is 0.320 e. The van der Waals surface area contributed by atoms with E-state index in [1.165, 1.54) is 0 Å². The Kier molecular flexibility index (Phi) is 6.01. The molecule has 2 fully saturated rings. The minimum absolute atomic E-state index is 0.164. The first-order valence-electron chi connectivity index (χ1n) is 9.58. The van der Waals surface area contributed by atoms with Crippen LogP contribution in [0.15, 0.2) is 24.3 Å². The summed E-state index contributed by atoms with van der Waals surface area (Å²) in [7, 11) is 1.65. The number of rotatable bonds is 6. The number of amides is 3. The number of methoxy groups -OCH3 is 1. The Hall–Kier alpha value is -2.24. The number of carbonyl (C=O) groups is 2. The summed E-state index contributed by atoms with van der Waals surface area (Å²) in [5.41, 5.74) is 1.15. The number of benzene rings is 1. The molecule has 2 heterocycles. The lowest BCUT2D eigenvalue weighted by molar-refractivity contribution is -0.132. The molecule has 0 bridgehead atoms. The van der Waals surface area contributed by atoms with Crippen molar-refractivity contribution in [2.45, 2.75) is 38.6 Å². The van der Waals surface area contributed by atoms with Crippen molar-refractivity contribution in [2.75, 3.05) is 39.8 Å². The number of piperidine rings is 1. The molecule has 3 rings (SSSR count). The average Bonchev–Trinajstić information content (AvgIpc) is 3.07. The van der Waals surface area contributed by atoms with Gasteiger partial charge in [-0.1, -0.05) is 12.1 Å². The predicted molar refractivity (Wildman–Crippen MR) is 100 cm³/mol. The van der Waals surface area contributed by atoms with E-state index in [0.29, 0.717) is 6.42 Å². The molecule has 1 aromatic carbocycles. The molecule has 0 atom stereocenters. The molecule has 2 aliphatic rings. The molecule has 0 aromatic heterocycles. The van der Waals surface area contributed by atoms with Crippen molar-refractivity contribution in [3.05, 3.63) is 29.8 Å². The molecule has 2 saturated heterocycles. The van der Waals surface area contributed by atoms with Crippen LogP contribution in [-0.2, 0) is 11.2 Å². The highest BCUT2D eigenvalue weighted by Crippen LogP contribution is 2.22. The van der Waals surface area contributed by atoms with Crippen LogP contribution in [0.5, 0.6) is 5.75 Å². The van der Waals surface area contributed by atoms with Crippen molar-refractivity contribution in [3.8, 4) is 5.75 Å². The third kappa shape index (κ3) is 4.11. The normalized spacial score (nSPS) is 18.5. The molecule has 26 heavy (non-hydrogen) atoms. The number of nitrogens with zero attached hydrogens (tertiary/aromatic N) is 3. The van der Waals surface area contributed by atoms with E-state index < -0.39 is 0 Å². The fraction of sp³-hybridized carbons (Fsp3) is 0.600. The summed E-state index contributed by atoms with van der Waals surface area (Å²) in [5.74, 6) is 1.04. The van der Waals surface area contributed by atoms with Crippen LogP contribution in [0.25, 0.3) is 0 Å². The summed E-state index contributed by atoms with van der Waals surface area (Å²) in [4.78, 5) is 30.7. The standard InChI is InChI=1S/C20H29N3O3/c1-3-21-14-15-23(20(21)25)17-10-12-22(13-11-17)19(24)9-6-16-4-7-18(26-2)8-5-16/h4-5,7-8,17H,3,6,9-15H2,1-2H3. The first kappa shape index (κ1) is 18.5. The van der Waals surface area contributed by atoms with E-state index in [0.717, 1.165) is 63.3 Å². The van der Waals surface area contributed by atoms with Gasteiger partial charge in [0.1, 0.15) is 5.75 Å². The van der Waals surface area contributed by atoms with E-state index in [4.69, 9.17) is 4.74 Å². The highest BCUT2D eigenvalue weighted by molar-refractivity contribution is 5.77. The Bertz CT molecular complexity index is 624. The van der Waals surface area contributed by atoms with Gasteiger partial charge in [0.2, 0.25) is 5.91 Å². The second-order valence-corrected chi connectivity index (χ2v) is 7.02. The molecule has 0 saturated carbocycles. The molecule has 2 aliphatic heterocycles. The quantitative estimate of drug-likeness (QED) is 0.784. The fourth-order valence-electron chi connectivity index (χ4n) is 3.86. The zero-order valence-corrected chi connectivity index (χ0v) is 15.8.